The predicted molar refractivity (Wildman–Crippen MR) is 89.5 cm³/mol. The summed E-state index contributed by atoms with van der Waals surface area (Å²) in [7, 11) is -3.49. The van der Waals surface area contributed by atoms with E-state index in [-0.39, 0.29) is 15.9 Å². The molecular weight excluding hydrogens is 362 g/mol. The number of carbonyl (C=O) groups is 1. The fourth-order valence-electron chi connectivity index (χ4n) is 2.54. The van der Waals surface area contributed by atoms with Gasteiger partial charge in [0.25, 0.3) is 10.0 Å². The van der Waals surface area contributed by atoms with E-state index < -0.39 is 10.0 Å². The highest BCUT2D eigenvalue weighted by molar-refractivity contribution is 7.91. The van der Waals surface area contributed by atoms with Crippen molar-refractivity contribution in [2.24, 2.45) is 5.92 Å². The second-order valence-electron chi connectivity index (χ2n) is 5.08. The zero-order chi connectivity index (χ0) is 15.7. The molecule has 3 heterocycles. The maximum absolute atomic E-state index is 12.5. The number of rotatable bonds is 4. The van der Waals surface area contributed by atoms with Crippen LogP contribution in [-0.4, -0.2) is 31.6 Å². The topological polar surface area (TPSA) is 54.5 Å². The van der Waals surface area contributed by atoms with Crippen molar-refractivity contribution >= 4 is 50.1 Å². The van der Waals surface area contributed by atoms with E-state index in [1.54, 1.807) is 6.07 Å². The number of ketones is 1. The first-order chi connectivity index (χ1) is 10.5. The van der Waals surface area contributed by atoms with Gasteiger partial charge in [-0.15, -0.1) is 22.7 Å². The number of carbonyl (C=O) groups excluding carboxylic acids is 1. The van der Waals surface area contributed by atoms with Gasteiger partial charge in [-0.2, -0.15) is 4.31 Å². The van der Waals surface area contributed by atoms with Gasteiger partial charge in [0.1, 0.15) is 4.21 Å². The van der Waals surface area contributed by atoms with E-state index in [1.165, 1.54) is 21.7 Å². The first-order valence-electron chi connectivity index (χ1n) is 6.81. The normalized spacial score (nSPS) is 17.7. The van der Waals surface area contributed by atoms with Crippen LogP contribution >= 0.6 is 34.3 Å². The monoisotopic (exact) mass is 375 g/mol. The van der Waals surface area contributed by atoms with Crippen LogP contribution in [0.4, 0.5) is 0 Å². The standard InChI is InChI=1S/C14H14ClNO3S3/c15-12-3-4-13(21-12)22(18,19)16-7-5-10(6-8-16)14(17)11-2-1-9-20-11/h1-4,9-10H,5-8H2. The highest BCUT2D eigenvalue weighted by Gasteiger charge is 2.33. The lowest BCUT2D eigenvalue weighted by molar-refractivity contribution is 0.0879. The van der Waals surface area contributed by atoms with Crippen LogP contribution in [0.1, 0.15) is 22.5 Å². The van der Waals surface area contributed by atoms with Crippen LogP contribution < -0.4 is 0 Å². The SMILES string of the molecule is O=C(c1cccs1)C1CCN(S(=O)(=O)c2ccc(Cl)s2)CC1. The molecule has 8 heteroatoms. The Bertz CT molecular complexity index is 759. The van der Waals surface area contributed by atoms with E-state index in [0.717, 1.165) is 16.2 Å². The minimum Gasteiger partial charge on any atom is -0.293 e. The molecule has 0 unspecified atom stereocenters. The molecule has 0 atom stereocenters. The second kappa shape index (κ2) is 6.41. The number of sulfonamides is 1. The summed E-state index contributed by atoms with van der Waals surface area (Å²) in [6, 6.07) is 6.80. The van der Waals surface area contributed by atoms with Crippen molar-refractivity contribution in [3.8, 4) is 0 Å². The molecule has 1 fully saturated rings. The smallest absolute Gasteiger partial charge is 0.252 e. The van der Waals surface area contributed by atoms with Gasteiger partial charge in [0.2, 0.25) is 0 Å². The molecule has 2 aromatic heterocycles. The molecule has 0 saturated carbocycles. The Hall–Kier alpha value is -0.730. The summed E-state index contributed by atoms with van der Waals surface area (Å²) in [5, 5.41) is 1.88. The molecular formula is C14H14ClNO3S3. The number of hydrogen-bond acceptors (Lipinski definition) is 5. The van der Waals surface area contributed by atoms with Gasteiger partial charge in [0.05, 0.1) is 9.21 Å². The first-order valence-corrected chi connectivity index (χ1v) is 10.3. The van der Waals surface area contributed by atoms with Crippen molar-refractivity contribution < 1.29 is 13.2 Å². The highest BCUT2D eigenvalue weighted by atomic mass is 35.5. The molecule has 0 amide bonds. The van der Waals surface area contributed by atoms with Crippen LogP contribution in [0.2, 0.25) is 4.34 Å². The largest absolute Gasteiger partial charge is 0.293 e. The van der Waals surface area contributed by atoms with Crippen molar-refractivity contribution in [2.75, 3.05) is 13.1 Å². The molecule has 1 saturated heterocycles. The van der Waals surface area contributed by atoms with E-state index in [9.17, 15) is 13.2 Å². The van der Waals surface area contributed by atoms with Gasteiger partial charge in [0.15, 0.2) is 5.78 Å². The third kappa shape index (κ3) is 3.14. The molecule has 0 bridgehead atoms. The third-order valence-electron chi connectivity index (χ3n) is 3.73. The Labute approximate surface area is 142 Å². The maximum Gasteiger partial charge on any atom is 0.252 e. The van der Waals surface area contributed by atoms with E-state index in [0.29, 0.717) is 30.3 Å². The summed E-state index contributed by atoms with van der Waals surface area (Å²) in [5.74, 6) is 0.0447. The quantitative estimate of drug-likeness (QED) is 0.765. The molecule has 3 rings (SSSR count). The summed E-state index contributed by atoms with van der Waals surface area (Å²) < 4.78 is 27.2. The molecule has 0 aromatic carbocycles. The van der Waals surface area contributed by atoms with Crippen LogP contribution in [0.3, 0.4) is 0 Å². The summed E-state index contributed by atoms with van der Waals surface area (Å²) in [6.07, 6.45) is 1.13. The van der Waals surface area contributed by atoms with Gasteiger partial charge in [-0.1, -0.05) is 17.7 Å². The summed E-state index contributed by atoms with van der Waals surface area (Å²) in [5.41, 5.74) is 0. The zero-order valence-corrected chi connectivity index (χ0v) is 14.8. The summed E-state index contributed by atoms with van der Waals surface area (Å²) in [4.78, 5) is 13.1. The van der Waals surface area contributed by atoms with Gasteiger partial charge in [-0.05, 0) is 36.4 Å². The number of thiophene rings is 2. The number of nitrogens with zero attached hydrogens (tertiary/aromatic N) is 1. The molecule has 0 N–H and O–H groups in total. The average Bonchev–Trinajstić information content (AvgIpc) is 3.18. The Morgan fingerprint density at radius 3 is 2.50 bits per heavy atom. The Balaban J connectivity index is 1.68. The van der Waals surface area contributed by atoms with Gasteiger partial charge in [-0.25, -0.2) is 8.42 Å². The van der Waals surface area contributed by atoms with Crippen LogP contribution in [0.15, 0.2) is 33.9 Å². The number of hydrogen-bond donors (Lipinski definition) is 0. The van der Waals surface area contributed by atoms with Gasteiger partial charge < -0.3 is 0 Å². The van der Waals surface area contributed by atoms with E-state index in [4.69, 9.17) is 11.6 Å². The fourth-order valence-corrected chi connectivity index (χ4v) is 6.39. The maximum atomic E-state index is 12.5. The third-order valence-corrected chi connectivity index (χ3v) is 8.21. The van der Waals surface area contributed by atoms with E-state index >= 15 is 0 Å². The molecule has 0 spiro atoms. The summed E-state index contributed by atoms with van der Waals surface area (Å²) >= 11 is 8.32. The average molecular weight is 376 g/mol. The van der Waals surface area contributed by atoms with Gasteiger partial charge in [0, 0.05) is 19.0 Å². The van der Waals surface area contributed by atoms with Gasteiger partial charge in [-0.3, -0.25) is 4.79 Å². The second-order valence-corrected chi connectivity index (χ2v) is 9.91. The lowest BCUT2D eigenvalue weighted by Crippen LogP contribution is -2.39. The van der Waals surface area contributed by atoms with Crippen molar-refractivity contribution in [3.63, 3.8) is 0 Å². The van der Waals surface area contributed by atoms with Crippen molar-refractivity contribution in [1.82, 2.24) is 4.31 Å². The fraction of sp³-hybridized carbons (Fsp3) is 0.357. The minimum atomic E-state index is -3.49. The lowest BCUT2D eigenvalue weighted by atomic mass is 9.93. The number of Topliss-reactive ketones (excluding diaryl/α,β-unsaturated/α-hetero) is 1. The lowest BCUT2D eigenvalue weighted by Gasteiger charge is -2.29. The number of halogens is 1. The molecule has 4 nitrogen and oxygen atoms in total. The Kier molecular flexibility index (Phi) is 4.70. The van der Waals surface area contributed by atoms with E-state index in [2.05, 4.69) is 0 Å². The molecule has 1 aliphatic heterocycles. The van der Waals surface area contributed by atoms with Crippen molar-refractivity contribution in [2.45, 2.75) is 17.1 Å². The van der Waals surface area contributed by atoms with Crippen molar-refractivity contribution in [1.29, 1.82) is 0 Å². The Morgan fingerprint density at radius 2 is 1.95 bits per heavy atom. The molecule has 118 valence electrons. The van der Waals surface area contributed by atoms with Crippen LogP contribution in [0.5, 0.6) is 0 Å². The van der Waals surface area contributed by atoms with Gasteiger partial charge >= 0.3 is 0 Å². The van der Waals surface area contributed by atoms with Crippen LogP contribution in [0, 0.1) is 5.92 Å². The molecule has 1 aliphatic rings. The first kappa shape index (κ1) is 16.1. The van der Waals surface area contributed by atoms with Crippen LogP contribution in [0.25, 0.3) is 0 Å². The zero-order valence-electron chi connectivity index (χ0n) is 11.6. The molecule has 0 aliphatic carbocycles. The predicted octanol–water partition coefficient (Wildman–Crippen LogP) is 3.75. The highest BCUT2D eigenvalue weighted by Crippen LogP contribution is 2.31. The molecule has 22 heavy (non-hydrogen) atoms. The van der Waals surface area contributed by atoms with Crippen LogP contribution in [-0.2, 0) is 10.0 Å². The summed E-state index contributed by atoms with van der Waals surface area (Å²) in [6.45, 7) is 0.749. The molecule has 2 aromatic rings. The molecule has 0 radical (unpaired) electrons. The van der Waals surface area contributed by atoms with E-state index in [1.807, 2.05) is 17.5 Å². The number of piperidine rings is 1. The Morgan fingerprint density at radius 1 is 1.23 bits per heavy atom. The van der Waals surface area contributed by atoms with Crippen molar-refractivity contribution in [3.05, 3.63) is 38.9 Å². The minimum absolute atomic E-state index is 0.0861.